The van der Waals surface area contributed by atoms with E-state index in [0.29, 0.717) is 4.47 Å². The molecule has 0 atom stereocenters. The molecule has 1 aliphatic heterocycles. The van der Waals surface area contributed by atoms with Crippen LogP contribution in [0.15, 0.2) is 15.6 Å². The molecule has 1 aliphatic rings. The van der Waals surface area contributed by atoms with Crippen LogP contribution < -0.4 is 15.8 Å². The van der Waals surface area contributed by atoms with Crippen molar-refractivity contribution in [1.29, 1.82) is 0 Å². The van der Waals surface area contributed by atoms with Crippen LogP contribution in [0.5, 0.6) is 0 Å². The number of nitrogens with one attached hydrogen (secondary N) is 2. The van der Waals surface area contributed by atoms with Gasteiger partial charge in [-0.2, -0.15) is 0 Å². The predicted octanol–water partition coefficient (Wildman–Crippen LogP) is 1.75. The van der Waals surface area contributed by atoms with E-state index in [4.69, 9.17) is 0 Å². The third-order valence-corrected chi connectivity index (χ3v) is 4.27. The second-order valence-corrected chi connectivity index (χ2v) is 5.80. The third-order valence-electron chi connectivity index (χ3n) is 3.55. The van der Waals surface area contributed by atoms with Gasteiger partial charge in [0.05, 0.1) is 6.33 Å². The van der Waals surface area contributed by atoms with E-state index in [9.17, 15) is 4.79 Å². The van der Waals surface area contributed by atoms with Crippen LogP contribution in [0, 0.1) is 5.92 Å². The zero-order valence-electron chi connectivity index (χ0n) is 11.3. The number of rotatable bonds is 5. The smallest absolute Gasteiger partial charge is 0.267 e. The minimum atomic E-state index is -0.114. The van der Waals surface area contributed by atoms with Crippen molar-refractivity contribution >= 4 is 21.7 Å². The zero-order chi connectivity index (χ0) is 13.7. The van der Waals surface area contributed by atoms with Gasteiger partial charge >= 0.3 is 0 Å². The van der Waals surface area contributed by atoms with Gasteiger partial charge in [0, 0.05) is 13.1 Å². The normalized spacial score (nSPS) is 16.8. The molecule has 2 heterocycles. The van der Waals surface area contributed by atoms with Gasteiger partial charge in [0.2, 0.25) is 0 Å². The van der Waals surface area contributed by atoms with Crippen molar-refractivity contribution in [1.82, 2.24) is 15.3 Å². The lowest BCUT2D eigenvalue weighted by atomic mass is 9.97. The molecule has 1 aromatic rings. The van der Waals surface area contributed by atoms with E-state index < -0.39 is 0 Å². The van der Waals surface area contributed by atoms with Crippen LogP contribution in [-0.4, -0.2) is 36.1 Å². The second kappa shape index (κ2) is 7.05. The van der Waals surface area contributed by atoms with Crippen LogP contribution in [0.1, 0.15) is 26.2 Å². The largest absolute Gasteiger partial charge is 0.355 e. The van der Waals surface area contributed by atoms with E-state index in [0.717, 1.165) is 50.8 Å². The Bertz CT molecular complexity index is 454. The Morgan fingerprint density at radius 1 is 1.53 bits per heavy atom. The highest BCUT2D eigenvalue weighted by atomic mass is 79.9. The standard InChI is InChI=1S/C13H21BrN4O/c1-2-5-15-8-10-3-6-18(7-4-10)12-11(14)13(19)17-9-16-12/h9-10,15H,2-8H2,1H3,(H,16,17,19). The first-order valence-corrected chi connectivity index (χ1v) is 7.70. The molecule has 0 amide bonds. The number of aromatic nitrogens is 2. The van der Waals surface area contributed by atoms with Gasteiger partial charge in [-0.3, -0.25) is 4.79 Å². The highest BCUT2D eigenvalue weighted by molar-refractivity contribution is 9.10. The van der Waals surface area contributed by atoms with Gasteiger partial charge in [-0.15, -0.1) is 0 Å². The Labute approximate surface area is 121 Å². The molecular weight excluding hydrogens is 308 g/mol. The minimum absolute atomic E-state index is 0.114. The van der Waals surface area contributed by atoms with Gasteiger partial charge in [-0.1, -0.05) is 6.92 Å². The molecular formula is C13H21BrN4O. The van der Waals surface area contributed by atoms with Gasteiger partial charge in [0.1, 0.15) is 10.3 Å². The monoisotopic (exact) mass is 328 g/mol. The van der Waals surface area contributed by atoms with Crippen molar-refractivity contribution in [3.8, 4) is 0 Å². The summed E-state index contributed by atoms with van der Waals surface area (Å²) in [5.74, 6) is 1.51. The summed E-state index contributed by atoms with van der Waals surface area (Å²) in [5.41, 5.74) is -0.114. The maximum absolute atomic E-state index is 11.5. The molecule has 2 rings (SSSR count). The number of hydrogen-bond donors (Lipinski definition) is 2. The van der Waals surface area contributed by atoms with E-state index in [1.165, 1.54) is 12.7 Å². The number of nitrogens with zero attached hydrogens (tertiary/aromatic N) is 2. The lowest BCUT2D eigenvalue weighted by molar-refractivity contribution is 0.382. The van der Waals surface area contributed by atoms with Gasteiger partial charge in [0.15, 0.2) is 0 Å². The molecule has 0 bridgehead atoms. The fourth-order valence-electron chi connectivity index (χ4n) is 2.43. The summed E-state index contributed by atoms with van der Waals surface area (Å²) in [5, 5.41) is 3.48. The van der Waals surface area contributed by atoms with Crippen LogP contribution in [-0.2, 0) is 0 Å². The number of piperidine rings is 1. The third kappa shape index (κ3) is 3.79. The van der Waals surface area contributed by atoms with Crippen LogP contribution in [0.2, 0.25) is 0 Å². The average Bonchev–Trinajstić information content (AvgIpc) is 2.43. The SMILES string of the molecule is CCCNCC1CCN(c2nc[nH]c(=O)c2Br)CC1. The van der Waals surface area contributed by atoms with Crippen molar-refractivity contribution in [2.45, 2.75) is 26.2 Å². The summed E-state index contributed by atoms with van der Waals surface area (Å²) in [7, 11) is 0. The molecule has 2 N–H and O–H groups in total. The van der Waals surface area contributed by atoms with Crippen molar-refractivity contribution in [2.24, 2.45) is 5.92 Å². The Kier molecular flexibility index (Phi) is 5.39. The first-order chi connectivity index (χ1) is 9.22. The average molecular weight is 329 g/mol. The summed E-state index contributed by atoms with van der Waals surface area (Å²) < 4.78 is 0.539. The maximum atomic E-state index is 11.5. The van der Waals surface area contributed by atoms with E-state index in [1.807, 2.05) is 0 Å². The summed E-state index contributed by atoms with van der Waals surface area (Å²) in [6.07, 6.45) is 4.95. The van der Waals surface area contributed by atoms with Crippen LogP contribution in [0.4, 0.5) is 5.82 Å². The number of aromatic amines is 1. The summed E-state index contributed by atoms with van der Waals surface area (Å²) in [6.45, 7) is 6.32. The van der Waals surface area contributed by atoms with Crippen LogP contribution in [0.25, 0.3) is 0 Å². The Hall–Kier alpha value is -0.880. The molecule has 1 fully saturated rings. The van der Waals surface area contributed by atoms with Gasteiger partial charge in [-0.25, -0.2) is 4.98 Å². The molecule has 0 aliphatic carbocycles. The molecule has 5 nitrogen and oxygen atoms in total. The molecule has 0 spiro atoms. The number of halogens is 1. The molecule has 106 valence electrons. The highest BCUT2D eigenvalue weighted by Gasteiger charge is 2.21. The Morgan fingerprint density at radius 2 is 2.26 bits per heavy atom. The fraction of sp³-hybridized carbons (Fsp3) is 0.692. The molecule has 1 saturated heterocycles. The molecule has 0 unspecified atom stereocenters. The molecule has 0 radical (unpaired) electrons. The summed E-state index contributed by atoms with van der Waals surface area (Å²) in [6, 6.07) is 0. The van der Waals surface area contributed by atoms with Gasteiger partial charge < -0.3 is 15.2 Å². The van der Waals surface area contributed by atoms with E-state index in [-0.39, 0.29) is 5.56 Å². The van der Waals surface area contributed by atoms with E-state index >= 15 is 0 Å². The van der Waals surface area contributed by atoms with E-state index in [1.54, 1.807) is 0 Å². The molecule has 6 heteroatoms. The number of anilines is 1. The summed E-state index contributed by atoms with van der Waals surface area (Å²) >= 11 is 3.32. The van der Waals surface area contributed by atoms with Gasteiger partial charge in [0.25, 0.3) is 5.56 Å². The van der Waals surface area contributed by atoms with Crippen molar-refractivity contribution < 1.29 is 0 Å². The fourth-order valence-corrected chi connectivity index (χ4v) is 2.89. The van der Waals surface area contributed by atoms with Crippen LogP contribution >= 0.6 is 15.9 Å². The van der Waals surface area contributed by atoms with Crippen molar-refractivity contribution in [3.05, 3.63) is 21.2 Å². The summed E-state index contributed by atoms with van der Waals surface area (Å²) in [4.78, 5) is 20.6. The van der Waals surface area contributed by atoms with Crippen molar-refractivity contribution in [3.63, 3.8) is 0 Å². The molecule has 1 aromatic heterocycles. The molecule has 0 saturated carbocycles. The highest BCUT2D eigenvalue weighted by Crippen LogP contribution is 2.25. The Balaban J connectivity index is 1.89. The predicted molar refractivity (Wildman–Crippen MR) is 80.7 cm³/mol. The van der Waals surface area contributed by atoms with E-state index in [2.05, 4.69) is 43.0 Å². The maximum Gasteiger partial charge on any atom is 0.267 e. The quantitative estimate of drug-likeness (QED) is 0.808. The molecule has 0 aromatic carbocycles. The van der Waals surface area contributed by atoms with Gasteiger partial charge in [-0.05, 0) is 54.2 Å². The number of H-pyrrole nitrogens is 1. The Morgan fingerprint density at radius 3 is 2.95 bits per heavy atom. The zero-order valence-corrected chi connectivity index (χ0v) is 12.9. The minimum Gasteiger partial charge on any atom is -0.355 e. The number of hydrogen-bond acceptors (Lipinski definition) is 4. The lowest BCUT2D eigenvalue weighted by Crippen LogP contribution is -2.38. The second-order valence-electron chi connectivity index (χ2n) is 5.00. The first kappa shape index (κ1) is 14.5. The van der Waals surface area contributed by atoms with Crippen molar-refractivity contribution in [2.75, 3.05) is 31.1 Å². The van der Waals surface area contributed by atoms with Crippen LogP contribution in [0.3, 0.4) is 0 Å². The lowest BCUT2D eigenvalue weighted by Gasteiger charge is -2.33. The molecule has 19 heavy (non-hydrogen) atoms. The first-order valence-electron chi connectivity index (χ1n) is 6.91. The topological polar surface area (TPSA) is 61.0 Å².